The Kier molecular flexibility index (Phi) is 9.65. The minimum absolute atomic E-state index is 0.0822. The second-order valence-corrected chi connectivity index (χ2v) is 9.05. The van der Waals surface area contributed by atoms with Gasteiger partial charge in [0.1, 0.15) is 11.5 Å². The minimum Gasteiger partial charge on any atom is -0.497 e. The summed E-state index contributed by atoms with van der Waals surface area (Å²) in [5.74, 6) is 1.25. The molecule has 0 radical (unpaired) electrons. The fourth-order valence-corrected chi connectivity index (χ4v) is 4.16. The quantitative estimate of drug-likeness (QED) is 0.475. The van der Waals surface area contributed by atoms with Gasteiger partial charge in [0.15, 0.2) is 0 Å². The van der Waals surface area contributed by atoms with Gasteiger partial charge < -0.3 is 14.8 Å². The number of hydrogen-bond donors (Lipinski definition) is 1. The lowest BCUT2D eigenvalue weighted by Gasteiger charge is -2.24. The minimum atomic E-state index is -3.50. The maximum Gasteiger partial charge on any atom is 0.232 e. The van der Waals surface area contributed by atoms with Crippen LogP contribution in [0.5, 0.6) is 11.5 Å². The van der Waals surface area contributed by atoms with E-state index in [2.05, 4.69) is 5.32 Å². The van der Waals surface area contributed by atoms with Gasteiger partial charge in [-0.25, -0.2) is 8.42 Å². The number of hydrogen-bond acceptors (Lipinski definition) is 5. The molecule has 2 aromatic carbocycles. The molecular weight excluding hydrogens is 416 g/mol. The molecule has 0 heterocycles. The van der Waals surface area contributed by atoms with E-state index in [-0.39, 0.29) is 18.9 Å². The van der Waals surface area contributed by atoms with Crippen molar-refractivity contribution in [2.75, 3.05) is 37.4 Å². The average Bonchev–Trinajstić information content (AvgIpc) is 2.75. The Morgan fingerprint density at radius 1 is 1.06 bits per heavy atom. The van der Waals surface area contributed by atoms with Crippen molar-refractivity contribution in [3.05, 3.63) is 54.1 Å². The van der Waals surface area contributed by atoms with Gasteiger partial charge >= 0.3 is 0 Å². The van der Waals surface area contributed by atoms with Crippen LogP contribution in [0.25, 0.3) is 0 Å². The van der Waals surface area contributed by atoms with Crippen LogP contribution in [-0.2, 0) is 21.2 Å². The molecule has 2 aromatic rings. The summed E-state index contributed by atoms with van der Waals surface area (Å²) in [6.07, 6.45) is 3.52. The number of sulfonamides is 1. The van der Waals surface area contributed by atoms with Crippen LogP contribution in [0, 0.1) is 0 Å². The summed E-state index contributed by atoms with van der Waals surface area (Å²) in [6.45, 7) is 3.07. The molecule has 0 saturated heterocycles. The first kappa shape index (κ1) is 24.5. The Labute approximate surface area is 185 Å². The lowest BCUT2D eigenvalue weighted by molar-refractivity contribution is -0.121. The lowest BCUT2D eigenvalue weighted by Crippen LogP contribution is -2.32. The maximum atomic E-state index is 12.3. The van der Waals surface area contributed by atoms with Gasteiger partial charge in [-0.15, -0.1) is 0 Å². The summed E-state index contributed by atoms with van der Waals surface area (Å²) >= 11 is 0. The molecule has 170 valence electrons. The molecule has 1 N–H and O–H groups in total. The predicted octanol–water partition coefficient (Wildman–Crippen LogP) is 3.39. The summed E-state index contributed by atoms with van der Waals surface area (Å²) in [5.41, 5.74) is 1.68. The number of benzene rings is 2. The van der Waals surface area contributed by atoms with Crippen LogP contribution in [-0.4, -0.2) is 47.4 Å². The molecule has 0 fully saturated rings. The highest BCUT2D eigenvalue weighted by molar-refractivity contribution is 7.92. The Morgan fingerprint density at radius 2 is 1.77 bits per heavy atom. The van der Waals surface area contributed by atoms with E-state index in [0.717, 1.165) is 24.8 Å². The number of ether oxygens (including phenoxy) is 2. The maximum absolute atomic E-state index is 12.3. The molecule has 0 unspecified atom stereocenters. The molecule has 1 amide bonds. The fraction of sp³-hybridized carbons (Fsp3) is 0.435. The van der Waals surface area contributed by atoms with Crippen LogP contribution in [0.4, 0.5) is 5.69 Å². The van der Waals surface area contributed by atoms with E-state index >= 15 is 0 Å². The van der Waals surface area contributed by atoms with Crippen LogP contribution in [0.3, 0.4) is 0 Å². The summed E-state index contributed by atoms with van der Waals surface area (Å²) < 4.78 is 36.6. The normalized spacial score (nSPS) is 11.1. The Morgan fingerprint density at radius 3 is 2.42 bits per heavy atom. The van der Waals surface area contributed by atoms with Crippen molar-refractivity contribution < 1.29 is 22.7 Å². The van der Waals surface area contributed by atoms with Crippen LogP contribution in [0.2, 0.25) is 0 Å². The van der Waals surface area contributed by atoms with Gasteiger partial charge in [0, 0.05) is 19.5 Å². The average molecular weight is 449 g/mol. The molecule has 31 heavy (non-hydrogen) atoms. The van der Waals surface area contributed by atoms with E-state index < -0.39 is 10.0 Å². The highest BCUT2D eigenvalue weighted by Gasteiger charge is 2.21. The number of nitrogens with one attached hydrogen (secondary N) is 1. The van der Waals surface area contributed by atoms with E-state index in [1.165, 1.54) is 9.87 Å². The number of methoxy groups -OCH3 is 1. The first-order valence-electron chi connectivity index (χ1n) is 10.4. The smallest absolute Gasteiger partial charge is 0.232 e. The summed E-state index contributed by atoms with van der Waals surface area (Å²) in [5, 5.41) is 2.90. The van der Waals surface area contributed by atoms with Crippen molar-refractivity contribution in [2.24, 2.45) is 0 Å². The second kappa shape index (κ2) is 12.2. The third-order valence-electron chi connectivity index (χ3n) is 4.72. The molecule has 2 rings (SSSR count). The van der Waals surface area contributed by atoms with Crippen LogP contribution in [0.1, 0.15) is 31.7 Å². The van der Waals surface area contributed by atoms with Crippen molar-refractivity contribution in [3.8, 4) is 11.5 Å². The fourth-order valence-electron chi connectivity index (χ4n) is 3.19. The van der Waals surface area contributed by atoms with Crippen molar-refractivity contribution >= 4 is 21.6 Å². The number of rotatable bonds is 13. The Bertz CT molecular complexity index is 929. The monoisotopic (exact) mass is 448 g/mol. The topological polar surface area (TPSA) is 84.9 Å². The summed E-state index contributed by atoms with van der Waals surface area (Å²) in [6, 6.07) is 14.9. The third-order valence-corrected chi connectivity index (χ3v) is 5.90. The van der Waals surface area contributed by atoms with E-state index in [1.54, 1.807) is 31.4 Å². The van der Waals surface area contributed by atoms with Crippen LogP contribution in [0.15, 0.2) is 48.5 Å². The number of anilines is 1. The van der Waals surface area contributed by atoms with E-state index in [9.17, 15) is 13.2 Å². The van der Waals surface area contributed by atoms with Crippen LogP contribution < -0.4 is 19.1 Å². The van der Waals surface area contributed by atoms with Gasteiger partial charge in [-0.1, -0.05) is 24.3 Å². The van der Waals surface area contributed by atoms with E-state index in [0.29, 0.717) is 31.0 Å². The highest BCUT2D eigenvalue weighted by Crippen LogP contribution is 2.30. The number of aryl methyl sites for hydroxylation is 1. The van der Waals surface area contributed by atoms with Crippen molar-refractivity contribution in [1.29, 1.82) is 0 Å². The molecule has 0 spiro atoms. The van der Waals surface area contributed by atoms with Gasteiger partial charge in [0.25, 0.3) is 0 Å². The molecule has 7 nitrogen and oxygen atoms in total. The molecule has 0 aliphatic carbocycles. The zero-order chi connectivity index (χ0) is 22.7. The van der Waals surface area contributed by atoms with Gasteiger partial charge in [0.05, 0.1) is 25.7 Å². The van der Waals surface area contributed by atoms with Crippen molar-refractivity contribution in [1.82, 2.24) is 5.32 Å². The molecule has 0 aliphatic rings. The zero-order valence-electron chi connectivity index (χ0n) is 18.5. The molecule has 0 aromatic heterocycles. The number of nitrogens with zero attached hydrogens (tertiary/aromatic N) is 1. The first-order valence-corrected chi connectivity index (χ1v) is 12.3. The van der Waals surface area contributed by atoms with Gasteiger partial charge in [-0.3, -0.25) is 9.10 Å². The second-order valence-electron chi connectivity index (χ2n) is 7.14. The Balaban J connectivity index is 1.79. The standard InChI is InChI=1S/C23H32N2O5S/c1-4-30-22-11-6-5-10-21(22)25(31(3,27)28)18-8-12-23(26)24-17-7-9-19-13-15-20(29-2)16-14-19/h5-6,10-11,13-16H,4,7-9,12,17-18H2,1-3H3,(H,24,26). The summed E-state index contributed by atoms with van der Waals surface area (Å²) in [7, 11) is -1.86. The number of amides is 1. The Hall–Kier alpha value is -2.74. The SMILES string of the molecule is CCOc1ccccc1N(CCCC(=O)NCCCc1ccc(OC)cc1)S(C)(=O)=O. The molecule has 0 atom stereocenters. The molecule has 8 heteroatoms. The van der Waals surface area contributed by atoms with Crippen molar-refractivity contribution in [3.63, 3.8) is 0 Å². The third kappa shape index (κ3) is 8.13. The highest BCUT2D eigenvalue weighted by atomic mass is 32.2. The molecule has 0 aliphatic heterocycles. The number of carbonyl (C=O) groups is 1. The number of para-hydroxylation sites is 2. The van der Waals surface area contributed by atoms with Crippen LogP contribution >= 0.6 is 0 Å². The van der Waals surface area contributed by atoms with E-state index in [1.807, 2.05) is 31.2 Å². The largest absolute Gasteiger partial charge is 0.497 e. The lowest BCUT2D eigenvalue weighted by atomic mass is 10.1. The van der Waals surface area contributed by atoms with Crippen molar-refractivity contribution in [2.45, 2.75) is 32.6 Å². The van der Waals surface area contributed by atoms with Gasteiger partial charge in [-0.2, -0.15) is 0 Å². The van der Waals surface area contributed by atoms with Gasteiger partial charge in [-0.05, 0) is 56.0 Å². The number of carbonyl (C=O) groups excluding carboxylic acids is 1. The molecule has 0 saturated carbocycles. The van der Waals surface area contributed by atoms with E-state index in [4.69, 9.17) is 9.47 Å². The molecular formula is C23H32N2O5S. The summed E-state index contributed by atoms with van der Waals surface area (Å²) in [4.78, 5) is 12.2. The first-order chi connectivity index (χ1) is 14.8. The zero-order valence-corrected chi connectivity index (χ0v) is 19.3. The van der Waals surface area contributed by atoms with Gasteiger partial charge in [0.2, 0.25) is 15.9 Å². The predicted molar refractivity (Wildman–Crippen MR) is 123 cm³/mol. The molecule has 0 bridgehead atoms.